The molecule has 1 aliphatic rings. The number of morpholine rings is 1. The lowest BCUT2D eigenvalue weighted by Crippen LogP contribution is -2.44. The van der Waals surface area contributed by atoms with Crippen molar-refractivity contribution in [3.63, 3.8) is 0 Å². The van der Waals surface area contributed by atoms with Crippen LogP contribution in [0.1, 0.15) is 12.0 Å². The van der Waals surface area contributed by atoms with Gasteiger partial charge in [-0.15, -0.1) is 24.0 Å². The van der Waals surface area contributed by atoms with E-state index < -0.39 is 0 Å². The number of hydrogen-bond acceptors (Lipinski definition) is 5. The van der Waals surface area contributed by atoms with Crippen LogP contribution < -0.4 is 10.6 Å². The Morgan fingerprint density at radius 2 is 2.12 bits per heavy atom. The summed E-state index contributed by atoms with van der Waals surface area (Å²) in [6, 6.07) is 2.06. The average molecular weight is 495 g/mol. The van der Waals surface area contributed by atoms with Gasteiger partial charge in [-0.3, -0.25) is 9.69 Å². The predicted molar refractivity (Wildman–Crippen MR) is 117 cm³/mol. The molecule has 1 aromatic heterocycles. The van der Waals surface area contributed by atoms with Crippen molar-refractivity contribution < 1.29 is 9.53 Å². The number of guanidine groups is 1. The Labute approximate surface area is 177 Å². The fourth-order valence-electron chi connectivity index (χ4n) is 2.38. The van der Waals surface area contributed by atoms with Crippen LogP contribution in [0, 0.1) is 0 Å². The van der Waals surface area contributed by atoms with E-state index in [2.05, 4.69) is 32.0 Å². The first-order valence-corrected chi connectivity index (χ1v) is 9.63. The van der Waals surface area contributed by atoms with Crippen molar-refractivity contribution in [1.82, 2.24) is 20.4 Å². The number of amides is 1. The molecule has 1 aliphatic heterocycles. The summed E-state index contributed by atoms with van der Waals surface area (Å²) >= 11 is 1.66. The van der Waals surface area contributed by atoms with Crippen molar-refractivity contribution in [3.8, 4) is 0 Å². The lowest BCUT2D eigenvalue weighted by Gasteiger charge is -2.26. The van der Waals surface area contributed by atoms with Crippen LogP contribution in [0.3, 0.4) is 0 Å². The number of carbonyl (C=O) groups excluding carboxylic acids is 1. The Hall–Kier alpha value is -0.910. The maximum Gasteiger partial charge on any atom is 0.241 e. The first-order chi connectivity index (χ1) is 12.1. The highest BCUT2D eigenvalue weighted by Gasteiger charge is 2.10. The molecule has 0 bridgehead atoms. The molecule has 0 spiro atoms. The van der Waals surface area contributed by atoms with Gasteiger partial charge in [0.1, 0.15) is 0 Å². The van der Waals surface area contributed by atoms with Gasteiger partial charge in [0, 0.05) is 33.7 Å². The largest absolute Gasteiger partial charge is 0.379 e. The fourth-order valence-corrected chi connectivity index (χ4v) is 3.04. The van der Waals surface area contributed by atoms with Gasteiger partial charge in [-0.1, -0.05) is 0 Å². The lowest BCUT2D eigenvalue weighted by atomic mass is 10.3. The number of aliphatic imine (C=N–C) groups is 1. The third kappa shape index (κ3) is 9.15. The Balaban J connectivity index is 0.00000338. The minimum atomic E-state index is 0. The Morgan fingerprint density at radius 1 is 1.35 bits per heavy atom. The van der Waals surface area contributed by atoms with Crippen LogP contribution in [0.4, 0.5) is 0 Å². The van der Waals surface area contributed by atoms with E-state index in [0.29, 0.717) is 12.5 Å². The number of rotatable bonds is 8. The minimum absolute atomic E-state index is 0. The van der Waals surface area contributed by atoms with Gasteiger partial charge in [0.2, 0.25) is 5.91 Å². The third-order valence-electron chi connectivity index (χ3n) is 3.95. The SMILES string of the molecule is CN(C)C(=O)CNC(=NCc1ccsc1)NCCCN1CCOCC1.I. The van der Waals surface area contributed by atoms with Crippen LogP contribution >= 0.6 is 35.3 Å². The molecule has 0 saturated carbocycles. The molecule has 0 aromatic carbocycles. The molecule has 0 aliphatic carbocycles. The van der Waals surface area contributed by atoms with Gasteiger partial charge in [0.05, 0.1) is 26.3 Å². The fraction of sp³-hybridized carbons (Fsp3) is 0.647. The molecular formula is C17H30IN5O2S. The molecule has 1 amide bonds. The number of likely N-dealkylation sites (N-methyl/N-ethyl adjacent to an activating group) is 1. The highest BCUT2D eigenvalue weighted by Crippen LogP contribution is 2.06. The predicted octanol–water partition coefficient (Wildman–Crippen LogP) is 1.21. The topological polar surface area (TPSA) is 69.2 Å². The normalized spacial score (nSPS) is 15.2. The summed E-state index contributed by atoms with van der Waals surface area (Å²) in [6.45, 7) is 6.39. The minimum Gasteiger partial charge on any atom is -0.379 e. The summed E-state index contributed by atoms with van der Waals surface area (Å²) in [4.78, 5) is 20.3. The second-order valence-corrected chi connectivity index (χ2v) is 6.95. The van der Waals surface area contributed by atoms with E-state index in [-0.39, 0.29) is 36.4 Å². The van der Waals surface area contributed by atoms with Crippen molar-refractivity contribution in [1.29, 1.82) is 0 Å². The van der Waals surface area contributed by atoms with Gasteiger partial charge in [-0.25, -0.2) is 4.99 Å². The Morgan fingerprint density at radius 3 is 2.77 bits per heavy atom. The Bertz CT molecular complexity index is 533. The van der Waals surface area contributed by atoms with Gasteiger partial charge < -0.3 is 20.3 Å². The lowest BCUT2D eigenvalue weighted by molar-refractivity contribution is -0.127. The maximum absolute atomic E-state index is 11.8. The standard InChI is InChI=1S/C17H29N5O2S.HI/c1-21(2)16(23)13-20-17(19-12-15-4-11-25-14-15)18-5-3-6-22-7-9-24-10-8-22;/h4,11,14H,3,5-10,12-13H2,1-2H3,(H2,18,19,20);1H. The molecule has 0 unspecified atom stereocenters. The highest BCUT2D eigenvalue weighted by atomic mass is 127. The Kier molecular flexibility index (Phi) is 11.8. The highest BCUT2D eigenvalue weighted by molar-refractivity contribution is 14.0. The molecule has 1 aromatic rings. The first kappa shape index (κ1) is 23.1. The van der Waals surface area contributed by atoms with E-state index in [1.165, 1.54) is 5.56 Å². The molecule has 2 rings (SSSR count). The van der Waals surface area contributed by atoms with Gasteiger partial charge in [0.25, 0.3) is 0 Å². The van der Waals surface area contributed by atoms with Gasteiger partial charge >= 0.3 is 0 Å². The summed E-state index contributed by atoms with van der Waals surface area (Å²) in [5.41, 5.74) is 1.18. The summed E-state index contributed by atoms with van der Waals surface area (Å²) in [6.07, 6.45) is 1.03. The number of nitrogens with zero attached hydrogens (tertiary/aromatic N) is 3. The molecule has 0 radical (unpaired) electrons. The summed E-state index contributed by atoms with van der Waals surface area (Å²) < 4.78 is 5.36. The van der Waals surface area contributed by atoms with E-state index in [1.807, 2.05) is 5.38 Å². The second-order valence-electron chi connectivity index (χ2n) is 6.17. The second kappa shape index (κ2) is 13.3. The zero-order valence-corrected chi connectivity index (χ0v) is 18.7. The van der Waals surface area contributed by atoms with Gasteiger partial charge in [0.15, 0.2) is 5.96 Å². The summed E-state index contributed by atoms with van der Waals surface area (Å²) in [5, 5.41) is 10.6. The van der Waals surface area contributed by atoms with E-state index >= 15 is 0 Å². The summed E-state index contributed by atoms with van der Waals surface area (Å²) in [7, 11) is 3.50. The monoisotopic (exact) mass is 495 g/mol. The molecule has 148 valence electrons. The molecule has 1 saturated heterocycles. The number of ether oxygens (including phenoxy) is 1. The maximum atomic E-state index is 11.8. The van der Waals surface area contributed by atoms with Crippen LogP contribution in [0.5, 0.6) is 0 Å². The zero-order valence-electron chi connectivity index (χ0n) is 15.6. The quantitative estimate of drug-likeness (QED) is 0.246. The van der Waals surface area contributed by atoms with Crippen LogP contribution in [-0.2, 0) is 16.1 Å². The van der Waals surface area contributed by atoms with Gasteiger partial charge in [-0.2, -0.15) is 11.3 Å². The van der Waals surface area contributed by atoms with E-state index in [1.54, 1.807) is 30.3 Å². The molecule has 7 nitrogen and oxygen atoms in total. The van der Waals surface area contributed by atoms with Crippen LogP contribution in [0.25, 0.3) is 0 Å². The first-order valence-electron chi connectivity index (χ1n) is 8.68. The average Bonchev–Trinajstić information content (AvgIpc) is 3.14. The molecule has 26 heavy (non-hydrogen) atoms. The molecule has 2 N–H and O–H groups in total. The smallest absolute Gasteiger partial charge is 0.241 e. The number of halogens is 1. The van der Waals surface area contributed by atoms with Crippen molar-refractivity contribution in [2.75, 3.05) is 60.0 Å². The van der Waals surface area contributed by atoms with Crippen molar-refractivity contribution in [3.05, 3.63) is 22.4 Å². The van der Waals surface area contributed by atoms with Crippen LogP contribution in [0.2, 0.25) is 0 Å². The zero-order chi connectivity index (χ0) is 17.9. The molecule has 1 fully saturated rings. The van der Waals surface area contributed by atoms with Crippen LogP contribution in [0.15, 0.2) is 21.8 Å². The third-order valence-corrected chi connectivity index (χ3v) is 4.69. The van der Waals surface area contributed by atoms with E-state index in [0.717, 1.165) is 45.8 Å². The van der Waals surface area contributed by atoms with Crippen molar-refractivity contribution in [2.45, 2.75) is 13.0 Å². The van der Waals surface area contributed by atoms with E-state index in [9.17, 15) is 4.79 Å². The molecule has 0 atom stereocenters. The van der Waals surface area contributed by atoms with Gasteiger partial charge in [-0.05, 0) is 35.4 Å². The van der Waals surface area contributed by atoms with Crippen molar-refractivity contribution >= 4 is 47.2 Å². The van der Waals surface area contributed by atoms with Crippen molar-refractivity contribution in [2.24, 2.45) is 4.99 Å². The van der Waals surface area contributed by atoms with Crippen LogP contribution in [-0.4, -0.2) is 81.7 Å². The summed E-state index contributed by atoms with van der Waals surface area (Å²) in [5.74, 6) is 0.710. The number of nitrogens with one attached hydrogen (secondary N) is 2. The number of hydrogen-bond donors (Lipinski definition) is 2. The molecule has 9 heteroatoms. The van der Waals surface area contributed by atoms with E-state index in [4.69, 9.17) is 4.74 Å². The molecule has 2 heterocycles. The number of thiophene rings is 1. The molecular weight excluding hydrogens is 465 g/mol. The number of carbonyl (C=O) groups is 1.